The Kier molecular flexibility index (Phi) is 6.30. The van der Waals surface area contributed by atoms with Crippen LogP contribution in [-0.2, 0) is 9.53 Å². The average Bonchev–Trinajstić information content (AvgIpc) is 3.28. The molecule has 1 saturated carbocycles. The van der Waals surface area contributed by atoms with Crippen molar-refractivity contribution in [1.82, 2.24) is 10.2 Å². The van der Waals surface area contributed by atoms with Gasteiger partial charge in [-0.3, -0.25) is 4.79 Å². The van der Waals surface area contributed by atoms with E-state index in [0.717, 1.165) is 13.0 Å². The monoisotopic (exact) mass is 282 g/mol. The number of carbonyl (C=O) groups excluding carboxylic acids is 1. The van der Waals surface area contributed by atoms with Crippen LogP contribution in [0.5, 0.6) is 0 Å². The lowest BCUT2D eigenvalue weighted by Crippen LogP contribution is -2.45. The van der Waals surface area contributed by atoms with Gasteiger partial charge in [-0.25, -0.2) is 0 Å². The standard InChI is InChI=1S/C16H30N2O2/c1-3-14-7-5-6-11-18(14)12-10-15(16(19)20-4-2)17-13-8-9-13/h13-15,17H,3-12H2,1-2H3. The lowest BCUT2D eigenvalue weighted by molar-refractivity contribution is -0.146. The molecule has 2 atom stereocenters. The maximum atomic E-state index is 12.0. The first-order chi connectivity index (χ1) is 9.74. The molecule has 2 rings (SSSR count). The number of hydrogen-bond donors (Lipinski definition) is 1. The zero-order valence-electron chi connectivity index (χ0n) is 13.1. The van der Waals surface area contributed by atoms with E-state index in [1.54, 1.807) is 0 Å². The Balaban J connectivity index is 1.81. The van der Waals surface area contributed by atoms with Gasteiger partial charge >= 0.3 is 5.97 Å². The highest BCUT2D eigenvalue weighted by molar-refractivity contribution is 5.75. The second-order valence-corrected chi connectivity index (χ2v) is 6.13. The first-order valence-electron chi connectivity index (χ1n) is 8.41. The molecule has 4 nitrogen and oxygen atoms in total. The van der Waals surface area contributed by atoms with Crippen molar-refractivity contribution in [2.45, 2.75) is 76.9 Å². The first-order valence-corrected chi connectivity index (χ1v) is 8.41. The minimum atomic E-state index is -0.109. The van der Waals surface area contributed by atoms with Crippen LogP contribution in [0.15, 0.2) is 0 Å². The first kappa shape index (κ1) is 15.8. The Morgan fingerprint density at radius 2 is 2.10 bits per heavy atom. The number of nitrogens with one attached hydrogen (secondary N) is 1. The predicted octanol–water partition coefficient (Wildman–Crippen LogP) is 2.32. The molecule has 1 aliphatic heterocycles. The molecule has 4 heteroatoms. The van der Waals surface area contributed by atoms with Gasteiger partial charge in [0.05, 0.1) is 6.61 Å². The van der Waals surface area contributed by atoms with Crippen molar-refractivity contribution in [3.63, 3.8) is 0 Å². The van der Waals surface area contributed by atoms with Gasteiger partial charge < -0.3 is 15.0 Å². The molecule has 2 aliphatic rings. The minimum absolute atomic E-state index is 0.0653. The van der Waals surface area contributed by atoms with Crippen LogP contribution in [0.3, 0.4) is 0 Å². The smallest absolute Gasteiger partial charge is 0.323 e. The zero-order chi connectivity index (χ0) is 14.4. The van der Waals surface area contributed by atoms with Gasteiger partial charge in [0.25, 0.3) is 0 Å². The van der Waals surface area contributed by atoms with E-state index in [9.17, 15) is 4.79 Å². The van der Waals surface area contributed by atoms with E-state index in [1.807, 2.05) is 6.92 Å². The summed E-state index contributed by atoms with van der Waals surface area (Å²) in [6, 6.07) is 1.15. The third kappa shape index (κ3) is 4.74. The van der Waals surface area contributed by atoms with Crippen molar-refractivity contribution in [3.8, 4) is 0 Å². The van der Waals surface area contributed by atoms with E-state index in [-0.39, 0.29) is 12.0 Å². The molecule has 0 aromatic carbocycles. The second-order valence-electron chi connectivity index (χ2n) is 6.13. The number of hydrogen-bond acceptors (Lipinski definition) is 4. The molecule has 0 aromatic heterocycles. The minimum Gasteiger partial charge on any atom is -0.465 e. The summed E-state index contributed by atoms with van der Waals surface area (Å²) in [7, 11) is 0. The third-order valence-corrected chi connectivity index (χ3v) is 4.51. The number of nitrogens with zero attached hydrogens (tertiary/aromatic N) is 1. The highest BCUT2D eigenvalue weighted by Crippen LogP contribution is 2.22. The van der Waals surface area contributed by atoms with Crippen LogP contribution in [0.2, 0.25) is 0 Å². The van der Waals surface area contributed by atoms with Crippen molar-refractivity contribution >= 4 is 5.97 Å². The van der Waals surface area contributed by atoms with Crippen LogP contribution in [-0.4, -0.2) is 48.7 Å². The summed E-state index contributed by atoms with van der Waals surface area (Å²) in [5.74, 6) is -0.0653. The van der Waals surface area contributed by atoms with Crippen molar-refractivity contribution in [2.24, 2.45) is 0 Å². The van der Waals surface area contributed by atoms with Crippen LogP contribution < -0.4 is 5.32 Å². The van der Waals surface area contributed by atoms with Gasteiger partial charge in [-0.15, -0.1) is 0 Å². The summed E-state index contributed by atoms with van der Waals surface area (Å²) in [5, 5.41) is 3.45. The molecule has 1 saturated heterocycles. The van der Waals surface area contributed by atoms with Gasteiger partial charge in [0, 0.05) is 18.6 Å². The molecule has 0 spiro atoms. The average molecular weight is 282 g/mol. The fourth-order valence-corrected chi connectivity index (χ4v) is 3.16. The van der Waals surface area contributed by atoms with Crippen LogP contribution in [0.1, 0.15) is 58.8 Å². The Hall–Kier alpha value is -0.610. The van der Waals surface area contributed by atoms with Crippen LogP contribution in [0.4, 0.5) is 0 Å². The molecule has 1 aliphatic carbocycles. The number of rotatable bonds is 8. The normalized spacial score (nSPS) is 25.4. The maximum absolute atomic E-state index is 12.0. The number of ether oxygens (including phenoxy) is 1. The van der Waals surface area contributed by atoms with Crippen molar-refractivity contribution < 1.29 is 9.53 Å². The molecular weight excluding hydrogens is 252 g/mol. The molecule has 0 radical (unpaired) electrons. The highest BCUT2D eigenvalue weighted by atomic mass is 16.5. The second kappa shape index (κ2) is 7.99. The molecule has 0 amide bonds. The molecule has 0 bridgehead atoms. The Bertz CT molecular complexity index is 305. The Labute approximate surface area is 123 Å². The van der Waals surface area contributed by atoms with E-state index >= 15 is 0 Å². The van der Waals surface area contributed by atoms with Gasteiger partial charge in [-0.2, -0.15) is 0 Å². The largest absolute Gasteiger partial charge is 0.465 e. The quantitative estimate of drug-likeness (QED) is 0.694. The molecule has 2 unspecified atom stereocenters. The summed E-state index contributed by atoms with van der Waals surface area (Å²) in [6.07, 6.45) is 8.49. The number of carbonyl (C=O) groups is 1. The van der Waals surface area contributed by atoms with Gasteiger partial charge in [0.1, 0.15) is 6.04 Å². The summed E-state index contributed by atoms with van der Waals surface area (Å²) in [5.41, 5.74) is 0. The molecule has 116 valence electrons. The topological polar surface area (TPSA) is 41.6 Å². The van der Waals surface area contributed by atoms with Gasteiger partial charge in [-0.05, 0) is 52.0 Å². The summed E-state index contributed by atoms with van der Waals surface area (Å²) >= 11 is 0. The van der Waals surface area contributed by atoms with Crippen molar-refractivity contribution in [3.05, 3.63) is 0 Å². The van der Waals surface area contributed by atoms with Crippen LogP contribution in [0.25, 0.3) is 0 Å². The maximum Gasteiger partial charge on any atom is 0.323 e. The van der Waals surface area contributed by atoms with Crippen LogP contribution >= 0.6 is 0 Å². The fraction of sp³-hybridized carbons (Fsp3) is 0.938. The summed E-state index contributed by atoms with van der Waals surface area (Å²) in [4.78, 5) is 14.6. The molecule has 2 fully saturated rings. The molecule has 20 heavy (non-hydrogen) atoms. The molecular formula is C16H30N2O2. The van der Waals surface area contributed by atoms with Crippen molar-refractivity contribution in [1.29, 1.82) is 0 Å². The fourth-order valence-electron chi connectivity index (χ4n) is 3.16. The van der Waals surface area contributed by atoms with E-state index in [1.165, 1.54) is 45.1 Å². The Morgan fingerprint density at radius 3 is 2.75 bits per heavy atom. The third-order valence-electron chi connectivity index (χ3n) is 4.51. The number of esters is 1. The van der Waals surface area contributed by atoms with Crippen molar-refractivity contribution in [2.75, 3.05) is 19.7 Å². The van der Waals surface area contributed by atoms with Gasteiger partial charge in [-0.1, -0.05) is 13.3 Å². The summed E-state index contributed by atoms with van der Waals surface area (Å²) < 4.78 is 5.21. The van der Waals surface area contributed by atoms with E-state index in [4.69, 9.17) is 4.74 Å². The number of piperidine rings is 1. The predicted molar refractivity (Wildman–Crippen MR) is 80.7 cm³/mol. The summed E-state index contributed by atoms with van der Waals surface area (Å²) in [6.45, 7) is 6.83. The molecule has 1 N–H and O–H groups in total. The number of likely N-dealkylation sites (tertiary alicyclic amines) is 1. The van der Waals surface area contributed by atoms with E-state index < -0.39 is 0 Å². The van der Waals surface area contributed by atoms with Crippen LogP contribution in [0, 0.1) is 0 Å². The lowest BCUT2D eigenvalue weighted by Gasteiger charge is -2.35. The van der Waals surface area contributed by atoms with Gasteiger partial charge in [0.15, 0.2) is 0 Å². The molecule has 0 aromatic rings. The van der Waals surface area contributed by atoms with E-state index in [2.05, 4.69) is 17.1 Å². The lowest BCUT2D eigenvalue weighted by atomic mass is 9.99. The molecule has 1 heterocycles. The highest BCUT2D eigenvalue weighted by Gasteiger charge is 2.30. The van der Waals surface area contributed by atoms with Gasteiger partial charge in [0.2, 0.25) is 0 Å². The Morgan fingerprint density at radius 1 is 1.30 bits per heavy atom. The SMILES string of the molecule is CCOC(=O)C(CCN1CCCCC1CC)NC1CC1. The zero-order valence-corrected chi connectivity index (χ0v) is 13.1. The van der Waals surface area contributed by atoms with E-state index in [0.29, 0.717) is 18.7 Å².